The van der Waals surface area contributed by atoms with Gasteiger partial charge in [-0.3, -0.25) is 0 Å². The largest absolute Gasteiger partial charge is 0.487 e. The topological polar surface area (TPSA) is 35.0 Å². The molecule has 0 radical (unpaired) electrons. The minimum absolute atomic E-state index is 0.321. The molecule has 19 heavy (non-hydrogen) atoms. The zero-order chi connectivity index (χ0) is 13.8. The molecule has 1 aromatic rings. The van der Waals surface area contributed by atoms with Crippen molar-refractivity contribution in [3.8, 4) is 5.75 Å². The molecule has 108 valence electrons. The zero-order valence-corrected chi connectivity index (χ0v) is 12.5. The third-order valence-electron chi connectivity index (χ3n) is 3.33. The van der Waals surface area contributed by atoms with Crippen molar-refractivity contribution in [2.45, 2.75) is 77.7 Å². The molecule has 1 aromatic heterocycles. The van der Waals surface area contributed by atoms with Crippen molar-refractivity contribution in [3.05, 3.63) is 18.7 Å². The summed E-state index contributed by atoms with van der Waals surface area (Å²) in [5.74, 6) is 0.798. The van der Waals surface area contributed by atoms with Crippen molar-refractivity contribution in [2.24, 2.45) is 0 Å². The Morgan fingerprint density at radius 2 is 1.58 bits per heavy atom. The lowest BCUT2D eigenvalue weighted by Crippen LogP contribution is -2.16. The van der Waals surface area contributed by atoms with Gasteiger partial charge >= 0.3 is 0 Å². The van der Waals surface area contributed by atoms with Gasteiger partial charge in [0.25, 0.3) is 0 Å². The quantitative estimate of drug-likeness (QED) is 0.540. The minimum atomic E-state index is 0.321. The highest BCUT2D eigenvalue weighted by Crippen LogP contribution is 2.17. The maximum absolute atomic E-state index is 5.96. The highest BCUT2D eigenvalue weighted by Gasteiger charge is 2.09. The molecule has 0 spiro atoms. The molecule has 1 rings (SSSR count). The highest BCUT2D eigenvalue weighted by atomic mass is 16.5. The Bertz CT molecular complexity index is 303. The maximum atomic E-state index is 5.96. The summed E-state index contributed by atoms with van der Waals surface area (Å²) in [6, 6.07) is 0. The lowest BCUT2D eigenvalue weighted by Gasteiger charge is -2.18. The first kappa shape index (κ1) is 15.9. The van der Waals surface area contributed by atoms with E-state index in [2.05, 4.69) is 23.8 Å². The minimum Gasteiger partial charge on any atom is -0.487 e. The van der Waals surface area contributed by atoms with Crippen molar-refractivity contribution < 1.29 is 4.74 Å². The average Bonchev–Trinajstić information content (AvgIpc) is 2.44. The van der Waals surface area contributed by atoms with Crippen LogP contribution in [0.2, 0.25) is 0 Å². The van der Waals surface area contributed by atoms with E-state index in [4.69, 9.17) is 4.74 Å². The SMILES string of the molecule is CCCCCCCCC(CCC)Oc1cncnc1. The van der Waals surface area contributed by atoms with Crippen LogP contribution in [0.15, 0.2) is 18.7 Å². The summed E-state index contributed by atoms with van der Waals surface area (Å²) in [4.78, 5) is 7.98. The number of nitrogens with zero attached hydrogens (tertiary/aromatic N) is 2. The van der Waals surface area contributed by atoms with E-state index in [9.17, 15) is 0 Å². The molecule has 0 aliphatic carbocycles. The van der Waals surface area contributed by atoms with E-state index in [0.29, 0.717) is 6.10 Å². The van der Waals surface area contributed by atoms with E-state index in [0.717, 1.165) is 25.0 Å². The summed E-state index contributed by atoms with van der Waals surface area (Å²) in [7, 11) is 0. The number of unbranched alkanes of at least 4 members (excludes halogenated alkanes) is 5. The predicted molar refractivity (Wildman–Crippen MR) is 79.3 cm³/mol. The highest BCUT2D eigenvalue weighted by molar-refractivity contribution is 5.10. The van der Waals surface area contributed by atoms with Crippen molar-refractivity contribution in [1.82, 2.24) is 9.97 Å². The third kappa shape index (κ3) is 7.81. The number of hydrogen-bond acceptors (Lipinski definition) is 3. The molecule has 0 amide bonds. The summed E-state index contributed by atoms with van der Waals surface area (Å²) in [6.07, 6.45) is 16.8. The second kappa shape index (κ2) is 10.8. The molecule has 0 aliphatic rings. The second-order valence-corrected chi connectivity index (χ2v) is 5.16. The molecule has 0 fully saturated rings. The smallest absolute Gasteiger partial charge is 0.156 e. The normalized spacial score (nSPS) is 12.3. The summed E-state index contributed by atoms with van der Waals surface area (Å²) in [5, 5.41) is 0. The van der Waals surface area contributed by atoms with Gasteiger partial charge in [-0.25, -0.2) is 9.97 Å². The van der Waals surface area contributed by atoms with Crippen LogP contribution in [0.1, 0.15) is 71.6 Å². The van der Waals surface area contributed by atoms with Gasteiger partial charge in [-0.2, -0.15) is 0 Å². The fourth-order valence-corrected chi connectivity index (χ4v) is 2.28. The predicted octanol–water partition coefficient (Wildman–Crippen LogP) is 4.77. The Hall–Kier alpha value is -1.12. The van der Waals surface area contributed by atoms with Gasteiger partial charge in [0, 0.05) is 0 Å². The van der Waals surface area contributed by atoms with Crippen molar-refractivity contribution in [1.29, 1.82) is 0 Å². The van der Waals surface area contributed by atoms with Crippen molar-refractivity contribution >= 4 is 0 Å². The Kier molecular flexibility index (Phi) is 9.03. The van der Waals surface area contributed by atoms with Crippen LogP contribution in [0.25, 0.3) is 0 Å². The van der Waals surface area contributed by atoms with Gasteiger partial charge in [-0.1, -0.05) is 52.4 Å². The summed E-state index contributed by atoms with van der Waals surface area (Å²) in [5.41, 5.74) is 0. The number of rotatable bonds is 11. The standard InChI is InChI=1S/C16H28N2O/c1-3-5-6-7-8-9-11-15(10-4-2)19-16-12-17-14-18-13-16/h12-15H,3-11H2,1-2H3. The van der Waals surface area contributed by atoms with E-state index in [1.54, 1.807) is 12.4 Å². The van der Waals surface area contributed by atoms with E-state index < -0.39 is 0 Å². The zero-order valence-electron chi connectivity index (χ0n) is 12.5. The molecule has 0 saturated carbocycles. The Balaban J connectivity index is 2.21. The Labute approximate surface area is 117 Å². The fraction of sp³-hybridized carbons (Fsp3) is 0.750. The molecule has 0 bridgehead atoms. The van der Waals surface area contributed by atoms with Crippen molar-refractivity contribution in [3.63, 3.8) is 0 Å². The number of hydrogen-bond donors (Lipinski definition) is 0. The van der Waals surface area contributed by atoms with Crippen LogP contribution >= 0.6 is 0 Å². The maximum Gasteiger partial charge on any atom is 0.156 e. The molecule has 1 atom stereocenters. The van der Waals surface area contributed by atoms with Gasteiger partial charge in [-0.05, 0) is 19.3 Å². The summed E-state index contributed by atoms with van der Waals surface area (Å²) in [6.45, 7) is 4.46. The molecule has 0 saturated heterocycles. The van der Waals surface area contributed by atoms with Gasteiger partial charge in [-0.15, -0.1) is 0 Å². The molecule has 0 N–H and O–H groups in total. The monoisotopic (exact) mass is 264 g/mol. The number of ether oxygens (including phenoxy) is 1. The molecular weight excluding hydrogens is 236 g/mol. The van der Waals surface area contributed by atoms with Gasteiger partial charge in [0.05, 0.1) is 18.5 Å². The Morgan fingerprint density at radius 1 is 0.895 bits per heavy atom. The van der Waals surface area contributed by atoms with E-state index >= 15 is 0 Å². The molecule has 0 aromatic carbocycles. The first-order valence-corrected chi connectivity index (χ1v) is 7.78. The second-order valence-electron chi connectivity index (χ2n) is 5.16. The van der Waals surface area contributed by atoms with Gasteiger partial charge in [0.15, 0.2) is 5.75 Å². The molecule has 3 nitrogen and oxygen atoms in total. The number of aromatic nitrogens is 2. The lowest BCUT2D eigenvalue weighted by atomic mass is 10.0. The van der Waals surface area contributed by atoms with Crippen LogP contribution < -0.4 is 4.74 Å². The van der Waals surface area contributed by atoms with Gasteiger partial charge < -0.3 is 4.74 Å². The van der Waals surface area contributed by atoms with E-state index in [1.807, 2.05) is 0 Å². The molecular formula is C16H28N2O. The third-order valence-corrected chi connectivity index (χ3v) is 3.33. The van der Waals surface area contributed by atoms with Crippen LogP contribution in [-0.4, -0.2) is 16.1 Å². The van der Waals surface area contributed by atoms with Gasteiger partial charge in [0.2, 0.25) is 0 Å². The Morgan fingerprint density at radius 3 is 2.26 bits per heavy atom. The van der Waals surface area contributed by atoms with Crippen LogP contribution in [0.3, 0.4) is 0 Å². The molecule has 0 aliphatic heterocycles. The van der Waals surface area contributed by atoms with Crippen molar-refractivity contribution in [2.75, 3.05) is 0 Å². The first-order valence-electron chi connectivity index (χ1n) is 7.78. The van der Waals surface area contributed by atoms with Crippen LogP contribution in [0.5, 0.6) is 5.75 Å². The first-order chi connectivity index (χ1) is 9.36. The lowest BCUT2D eigenvalue weighted by molar-refractivity contribution is 0.174. The summed E-state index contributed by atoms with van der Waals surface area (Å²) < 4.78 is 5.96. The fourth-order valence-electron chi connectivity index (χ4n) is 2.28. The van der Waals surface area contributed by atoms with E-state index in [-0.39, 0.29) is 0 Å². The molecule has 3 heteroatoms. The van der Waals surface area contributed by atoms with E-state index in [1.165, 1.54) is 44.9 Å². The van der Waals surface area contributed by atoms with Gasteiger partial charge in [0.1, 0.15) is 6.33 Å². The average molecular weight is 264 g/mol. The van der Waals surface area contributed by atoms with Crippen LogP contribution in [0.4, 0.5) is 0 Å². The molecule has 1 unspecified atom stereocenters. The summed E-state index contributed by atoms with van der Waals surface area (Å²) >= 11 is 0. The van der Waals surface area contributed by atoms with Crippen LogP contribution in [-0.2, 0) is 0 Å². The van der Waals surface area contributed by atoms with Crippen LogP contribution in [0, 0.1) is 0 Å². The molecule has 1 heterocycles.